The Morgan fingerprint density at radius 1 is 1.23 bits per heavy atom. The molecule has 1 aromatic carbocycles. The Morgan fingerprint density at radius 3 is 2.65 bits per heavy atom. The summed E-state index contributed by atoms with van der Waals surface area (Å²) < 4.78 is 17.2. The Kier molecular flexibility index (Phi) is 9.09. The number of rotatable bonds is 11. The highest BCUT2D eigenvalue weighted by Gasteiger charge is 2.25. The number of amides is 1. The minimum Gasteiger partial charge on any atom is -0.376 e. The molecule has 2 rings (SSSR count). The van der Waals surface area contributed by atoms with Crippen LogP contribution in [0.3, 0.4) is 0 Å². The topological polar surface area (TPSA) is 56.8 Å². The molecule has 1 aliphatic heterocycles. The van der Waals surface area contributed by atoms with Crippen LogP contribution >= 0.6 is 0 Å². The Morgan fingerprint density at radius 2 is 2.00 bits per heavy atom. The number of nitrogens with one attached hydrogen (secondary N) is 1. The maximum atomic E-state index is 12.4. The fourth-order valence-electron chi connectivity index (χ4n) is 3.02. The monoisotopic (exact) mass is 363 g/mol. The zero-order valence-corrected chi connectivity index (χ0v) is 16.3. The zero-order valence-electron chi connectivity index (χ0n) is 16.3. The lowest BCUT2D eigenvalue weighted by Gasteiger charge is -2.22. The summed E-state index contributed by atoms with van der Waals surface area (Å²) in [5, 5.41) is 2.97. The summed E-state index contributed by atoms with van der Waals surface area (Å²) in [7, 11) is 0. The molecule has 1 amide bonds. The van der Waals surface area contributed by atoms with E-state index in [4.69, 9.17) is 14.2 Å². The van der Waals surface area contributed by atoms with Crippen LogP contribution in [0.4, 0.5) is 0 Å². The van der Waals surface area contributed by atoms with Crippen molar-refractivity contribution in [3.8, 4) is 0 Å². The third-order valence-electron chi connectivity index (χ3n) is 4.61. The van der Waals surface area contributed by atoms with Crippen molar-refractivity contribution < 1.29 is 19.0 Å². The van der Waals surface area contributed by atoms with Gasteiger partial charge < -0.3 is 19.5 Å². The number of hydrogen-bond acceptors (Lipinski definition) is 4. The molecule has 3 atom stereocenters. The molecule has 0 aliphatic carbocycles. The lowest BCUT2D eigenvalue weighted by molar-refractivity contribution is -0.138. The van der Waals surface area contributed by atoms with Crippen molar-refractivity contribution in [2.24, 2.45) is 5.92 Å². The molecule has 0 bridgehead atoms. The maximum Gasteiger partial charge on any atom is 0.249 e. The second-order valence-corrected chi connectivity index (χ2v) is 7.20. The van der Waals surface area contributed by atoms with Crippen LogP contribution in [0.25, 0.3) is 0 Å². The summed E-state index contributed by atoms with van der Waals surface area (Å²) in [5.74, 6) is 0.0832. The van der Waals surface area contributed by atoms with Gasteiger partial charge in [0, 0.05) is 19.8 Å². The van der Waals surface area contributed by atoms with Gasteiger partial charge in [-0.3, -0.25) is 4.79 Å². The van der Waals surface area contributed by atoms with E-state index >= 15 is 0 Å². The molecule has 146 valence electrons. The van der Waals surface area contributed by atoms with Gasteiger partial charge >= 0.3 is 0 Å². The fraction of sp³-hybridized carbons (Fsp3) is 0.667. The number of carbonyl (C=O) groups excluding carboxylic acids is 1. The zero-order chi connectivity index (χ0) is 18.8. The Hall–Kier alpha value is -1.43. The predicted octanol–water partition coefficient (Wildman–Crippen LogP) is 3.49. The summed E-state index contributed by atoms with van der Waals surface area (Å²) in [6.07, 6.45) is 2.64. The van der Waals surface area contributed by atoms with Crippen molar-refractivity contribution in [1.29, 1.82) is 0 Å². The summed E-state index contributed by atoms with van der Waals surface area (Å²) in [5.41, 5.74) is 1.17. The van der Waals surface area contributed by atoms with Crippen molar-refractivity contribution in [3.63, 3.8) is 0 Å². The minimum absolute atomic E-state index is 0.0471. The van der Waals surface area contributed by atoms with Crippen LogP contribution in [-0.4, -0.2) is 44.5 Å². The van der Waals surface area contributed by atoms with Crippen molar-refractivity contribution in [3.05, 3.63) is 35.9 Å². The molecule has 1 N–H and O–H groups in total. The van der Waals surface area contributed by atoms with E-state index in [1.807, 2.05) is 39.0 Å². The van der Waals surface area contributed by atoms with Gasteiger partial charge in [0.1, 0.15) is 6.10 Å². The molecule has 26 heavy (non-hydrogen) atoms. The highest BCUT2D eigenvalue weighted by Crippen LogP contribution is 2.16. The largest absolute Gasteiger partial charge is 0.376 e. The number of hydrogen-bond donors (Lipinski definition) is 1. The van der Waals surface area contributed by atoms with Gasteiger partial charge in [-0.2, -0.15) is 0 Å². The highest BCUT2D eigenvalue weighted by atomic mass is 16.5. The SMILES string of the molecule is CC(C)[C@@H](OC[C@@H]1CCCO1)C(=O)NCCCO[C@@H](C)c1ccccc1. The van der Waals surface area contributed by atoms with Crippen LogP contribution in [0.2, 0.25) is 0 Å². The van der Waals surface area contributed by atoms with Crippen LogP contribution in [0.15, 0.2) is 30.3 Å². The van der Waals surface area contributed by atoms with Gasteiger partial charge in [-0.05, 0) is 37.7 Å². The van der Waals surface area contributed by atoms with Crippen LogP contribution in [0.5, 0.6) is 0 Å². The Balaban J connectivity index is 1.62. The van der Waals surface area contributed by atoms with Crippen molar-refractivity contribution in [2.45, 2.75) is 58.3 Å². The molecule has 1 heterocycles. The van der Waals surface area contributed by atoms with Gasteiger partial charge in [0.25, 0.3) is 0 Å². The third kappa shape index (κ3) is 7.06. The fourth-order valence-corrected chi connectivity index (χ4v) is 3.02. The lowest BCUT2D eigenvalue weighted by atomic mass is 10.1. The van der Waals surface area contributed by atoms with Crippen LogP contribution in [0, 0.1) is 5.92 Å². The quantitative estimate of drug-likeness (QED) is 0.612. The molecule has 1 saturated heterocycles. The molecule has 0 saturated carbocycles. The van der Waals surface area contributed by atoms with E-state index in [0.717, 1.165) is 25.9 Å². The lowest BCUT2D eigenvalue weighted by Crippen LogP contribution is -2.41. The number of ether oxygens (including phenoxy) is 3. The highest BCUT2D eigenvalue weighted by molar-refractivity contribution is 5.80. The van der Waals surface area contributed by atoms with E-state index < -0.39 is 6.10 Å². The number of carbonyl (C=O) groups is 1. The van der Waals surface area contributed by atoms with Crippen LogP contribution < -0.4 is 5.32 Å². The minimum atomic E-state index is -0.427. The molecule has 0 aromatic heterocycles. The molecule has 1 aliphatic rings. The average molecular weight is 363 g/mol. The van der Waals surface area contributed by atoms with E-state index in [0.29, 0.717) is 19.8 Å². The second kappa shape index (κ2) is 11.3. The first-order valence-corrected chi connectivity index (χ1v) is 9.75. The first-order valence-electron chi connectivity index (χ1n) is 9.75. The summed E-state index contributed by atoms with van der Waals surface area (Å²) in [6, 6.07) is 10.1. The van der Waals surface area contributed by atoms with Gasteiger partial charge in [0.15, 0.2) is 0 Å². The van der Waals surface area contributed by atoms with Gasteiger partial charge in [-0.1, -0.05) is 44.2 Å². The molecule has 5 heteroatoms. The standard InChI is InChI=1S/C21H33NO4/c1-16(2)20(26-15-19-11-7-13-25-19)21(23)22-12-8-14-24-17(3)18-9-5-4-6-10-18/h4-6,9-10,16-17,19-20H,7-8,11-15H2,1-3H3,(H,22,23)/t17-,19-,20+/m0/s1. The molecular weight excluding hydrogens is 330 g/mol. The summed E-state index contributed by atoms with van der Waals surface area (Å²) >= 11 is 0. The first kappa shape index (κ1) is 20.9. The van der Waals surface area contributed by atoms with Gasteiger partial charge in [0.2, 0.25) is 5.91 Å². The third-order valence-corrected chi connectivity index (χ3v) is 4.61. The predicted molar refractivity (Wildman–Crippen MR) is 102 cm³/mol. The second-order valence-electron chi connectivity index (χ2n) is 7.20. The Labute approximate surface area is 157 Å². The summed E-state index contributed by atoms with van der Waals surface area (Å²) in [4.78, 5) is 12.4. The van der Waals surface area contributed by atoms with E-state index in [1.165, 1.54) is 5.56 Å². The van der Waals surface area contributed by atoms with Gasteiger partial charge in [-0.25, -0.2) is 0 Å². The van der Waals surface area contributed by atoms with Crippen molar-refractivity contribution in [1.82, 2.24) is 5.32 Å². The van der Waals surface area contributed by atoms with Gasteiger partial charge in [-0.15, -0.1) is 0 Å². The number of benzene rings is 1. The summed E-state index contributed by atoms with van der Waals surface area (Å²) in [6.45, 7) is 8.55. The molecule has 0 spiro atoms. The van der Waals surface area contributed by atoms with Crippen LogP contribution in [-0.2, 0) is 19.0 Å². The normalized spacial score (nSPS) is 19.5. The molecule has 1 fully saturated rings. The molecule has 0 unspecified atom stereocenters. The van der Waals surface area contributed by atoms with E-state index in [2.05, 4.69) is 17.4 Å². The van der Waals surface area contributed by atoms with Gasteiger partial charge in [0.05, 0.1) is 18.8 Å². The van der Waals surface area contributed by atoms with Crippen molar-refractivity contribution >= 4 is 5.91 Å². The smallest absolute Gasteiger partial charge is 0.249 e. The molecule has 1 aromatic rings. The van der Waals surface area contributed by atoms with E-state index in [9.17, 15) is 4.79 Å². The molecular formula is C21H33NO4. The van der Waals surface area contributed by atoms with E-state index in [-0.39, 0.29) is 24.0 Å². The van der Waals surface area contributed by atoms with E-state index in [1.54, 1.807) is 0 Å². The molecule has 5 nitrogen and oxygen atoms in total. The van der Waals surface area contributed by atoms with Crippen molar-refractivity contribution in [2.75, 3.05) is 26.4 Å². The first-order chi connectivity index (χ1) is 12.6. The van der Waals surface area contributed by atoms with Crippen LogP contribution in [0.1, 0.15) is 51.7 Å². The Bertz CT molecular complexity index is 514. The average Bonchev–Trinajstić information content (AvgIpc) is 3.15. The molecule has 0 radical (unpaired) electrons. The maximum absolute atomic E-state index is 12.4.